The van der Waals surface area contributed by atoms with Crippen LogP contribution in [-0.2, 0) is 9.53 Å². The highest BCUT2D eigenvalue weighted by atomic mass is 16.6. The second-order valence-electron chi connectivity index (χ2n) is 4.20. The van der Waals surface area contributed by atoms with E-state index in [1.54, 1.807) is 12.1 Å². The molecular weight excluding hydrogens is 188 g/mol. The van der Waals surface area contributed by atoms with E-state index in [2.05, 4.69) is 6.07 Å². The average molecular weight is 203 g/mol. The fraction of sp³-hybridized carbons (Fsp3) is 0.308. The van der Waals surface area contributed by atoms with Crippen molar-refractivity contribution in [2.24, 2.45) is 0 Å². The highest BCUT2D eigenvalue weighted by molar-refractivity contribution is 5.87. The smallest absolute Gasteiger partial charge is 0.331 e. The lowest BCUT2D eigenvalue weighted by Crippen LogP contribution is -2.22. The molecule has 0 aliphatic heterocycles. The summed E-state index contributed by atoms with van der Waals surface area (Å²) in [4.78, 5) is 11.3. The molecule has 0 aliphatic carbocycles. The summed E-state index contributed by atoms with van der Waals surface area (Å²) in [5, 5.41) is 0. The van der Waals surface area contributed by atoms with E-state index in [1.807, 2.05) is 39.0 Å². The van der Waals surface area contributed by atoms with Gasteiger partial charge in [-0.05, 0) is 44.5 Å². The minimum atomic E-state index is -0.440. The van der Waals surface area contributed by atoms with Crippen LogP contribution in [0.2, 0.25) is 0 Å². The van der Waals surface area contributed by atoms with E-state index in [1.165, 1.54) is 6.08 Å². The first-order valence-corrected chi connectivity index (χ1v) is 4.84. The monoisotopic (exact) mass is 203 g/mol. The first kappa shape index (κ1) is 11.5. The van der Waals surface area contributed by atoms with Crippen LogP contribution in [0.15, 0.2) is 30.3 Å². The van der Waals surface area contributed by atoms with Crippen LogP contribution in [0.25, 0.3) is 6.08 Å². The van der Waals surface area contributed by atoms with Gasteiger partial charge in [0.1, 0.15) is 5.60 Å². The molecular formula is C13H15O2. The first-order valence-electron chi connectivity index (χ1n) is 4.84. The molecule has 0 spiro atoms. The van der Waals surface area contributed by atoms with E-state index in [4.69, 9.17) is 4.74 Å². The van der Waals surface area contributed by atoms with E-state index in [9.17, 15) is 4.79 Å². The Morgan fingerprint density at radius 1 is 1.47 bits per heavy atom. The summed E-state index contributed by atoms with van der Waals surface area (Å²) < 4.78 is 5.12. The normalized spacial score (nSPS) is 11.7. The highest BCUT2D eigenvalue weighted by Gasteiger charge is 2.13. The van der Waals surface area contributed by atoms with Gasteiger partial charge in [0.25, 0.3) is 0 Å². The number of hydrogen-bond acceptors (Lipinski definition) is 2. The largest absolute Gasteiger partial charge is 0.457 e. The summed E-state index contributed by atoms with van der Waals surface area (Å²) in [6.07, 6.45) is 3.14. The summed E-state index contributed by atoms with van der Waals surface area (Å²) in [6.45, 7) is 5.53. The van der Waals surface area contributed by atoms with Gasteiger partial charge in [0, 0.05) is 6.08 Å². The number of hydrogen-bond donors (Lipinski definition) is 0. The molecule has 0 aliphatic rings. The van der Waals surface area contributed by atoms with E-state index in [0.717, 1.165) is 5.56 Å². The van der Waals surface area contributed by atoms with Gasteiger partial charge in [-0.3, -0.25) is 0 Å². The SMILES string of the molecule is CC(C)(C)OC(=O)/C=C/c1c[c]ccc1. The number of benzene rings is 1. The Bertz CT molecular complexity index is 345. The number of esters is 1. The van der Waals surface area contributed by atoms with Crippen LogP contribution in [0, 0.1) is 6.07 Å². The predicted molar refractivity (Wildman–Crippen MR) is 60.2 cm³/mol. The summed E-state index contributed by atoms with van der Waals surface area (Å²) >= 11 is 0. The van der Waals surface area contributed by atoms with Crippen LogP contribution >= 0.6 is 0 Å². The molecule has 79 valence electrons. The minimum Gasteiger partial charge on any atom is -0.457 e. The summed E-state index contributed by atoms with van der Waals surface area (Å²) in [5.41, 5.74) is 0.493. The zero-order valence-corrected chi connectivity index (χ0v) is 9.28. The number of carbonyl (C=O) groups excluding carboxylic acids is 1. The van der Waals surface area contributed by atoms with Gasteiger partial charge in [-0.2, -0.15) is 0 Å². The lowest BCUT2D eigenvalue weighted by atomic mass is 10.2. The number of ether oxygens (including phenoxy) is 1. The van der Waals surface area contributed by atoms with Gasteiger partial charge in [0.05, 0.1) is 0 Å². The van der Waals surface area contributed by atoms with Gasteiger partial charge in [0.2, 0.25) is 0 Å². The van der Waals surface area contributed by atoms with E-state index >= 15 is 0 Å². The van der Waals surface area contributed by atoms with Crippen molar-refractivity contribution >= 4 is 12.0 Å². The molecule has 0 unspecified atom stereocenters. The third kappa shape index (κ3) is 5.01. The molecule has 2 nitrogen and oxygen atoms in total. The van der Waals surface area contributed by atoms with Crippen LogP contribution in [0.5, 0.6) is 0 Å². The third-order valence-corrected chi connectivity index (χ3v) is 1.55. The van der Waals surface area contributed by atoms with Gasteiger partial charge in [-0.1, -0.05) is 18.2 Å². The fourth-order valence-electron chi connectivity index (χ4n) is 1.01. The van der Waals surface area contributed by atoms with Gasteiger partial charge < -0.3 is 4.74 Å². The second kappa shape index (κ2) is 4.78. The first-order chi connectivity index (χ1) is 6.97. The number of rotatable bonds is 2. The lowest BCUT2D eigenvalue weighted by Gasteiger charge is -2.17. The van der Waals surface area contributed by atoms with E-state index < -0.39 is 5.60 Å². The molecule has 15 heavy (non-hydrogen) atoms. The van der Waals surface area contributed by atoms with Crippen molar-refractivity contribution in [3.05, 3.63) is 42.0 Å². The van der Waals surface area contributed by atoms with Gasteiger partial charge in [0.15, 0.2) is 0 Å². The molecule has 0 saturated carbocycles. The molecule has 1 rings (SSSR count). The molecule has 1 radical (unpaired) electrons. The maximum Gasteiger partial charge on any atom is 0.331 e. The van der Waals surface area contributed by atoms with Gasteiger partial charge >= 0.3 is 5.97 Å². The zero-order chi connectivity index (χ0) is 11.3. The maximum absolute atomic E-state index is 11.3. The Balaban J connectivity index is 2.56. The molecule has 2 heteroatoms. The van der Waals surface area contributed by atoms with Crippen LogP contribution < -0.4 is 0 Å². The summed E-state index contributed by atoms with van der Waals surface area (Å²) in [7, 11) is 0. The highest BCUT2D eigenvalue weighted by Crippen LogP contribution is 2.08. The molecule has 1 aromatic rings. The van der Waals surface area contributed by atoms with E-state index in [0.29, 0.717) is 0 Å². The predicted octanol–water partition coefficient (Wildman–Crippen LogP) is 2.84. The van der Waals surface area contributed by atoms with Crippen LogP contribution in [0.4, 0.5) is 0 Å². The van der Waals surface area contributed by atoms with Crippen molar-refractivity contribution in [1.82, 2.24) is 0 Å². The second-order valence-corrected chi connectivity index (χ2v) is 4.20. The summed E-state index contributed by atoms with van der Waals surface area (Å²) in [6, 6.07) is 10.3. The summed E-state index contributed by atoms with van der Waals surface area (Å²) in [5.74, 6) is -0.327. The van der Waals surface area contributed by atoms with Crippen molar-refractivity contribution in [2.75, 3.05) is 0 Å². The molecule has 0 fully saturated rings. The zero-order valence-electron chi connectivity index (χ0n) is 9.28. The van der Waals surface area contributed by atoms with Crippen LogP contribution in [-0.4, -0.2) is 11.6 Å². The molecule has 0 saturated heterocycles. The third-order valence-electron chi connectivity index (χ3n) is 1.55. The van der Waals surface area contributed by atoms with Crippen molar-refractivity contribution in [3.8, 4) is 0 Å². The molecule has 0 heterocycles. The maximum atomic E-state index is 11.3. The van der Waals surface area contributed by atoms with E-state index in [-0.39, 0.29) is 5.97 Å². The average Bonchev–Trinajstić information content (AvgIpc) is 2.14. The number of carbonyl (C=O) groups is 1. The molecule has 0 N–H and O–H groups in total. The molecule has 0 atom stereocenters. The quantitative estimate of drug-likeness (QED) is 0.545. The van der Waals surface area contributed by atoms with Crippen LogP contribution in [0.3, 0.4) is 0 Å². The molecule has 1 aromatic carbocycles. The van der Waals surface area contributed by atoms with Crippen molar-refractivity contribution in [1.29, 1.82) is 0 Å². The van der Waals surface area contributed by atoms with Gasteiger partial charge in [-0.25, -0.2) is 4.79 Å². The Labute approximate surface area is 90.6 Å². The van der Waals surface area contributed by atoms with Crippen molar-refractivity contribution < 1.29 is 9.53 Å². The Morgan fingerprint density at radius 2 is 2.20 bits per heavy atom. The molecule has 0 aromatic heterocycles. The van der Waals surface area contributed by atoms with Gasteiger partial charge in [-0.15, -0.1) is 0 Å². The minimum absolute atomic E-state index is 0.327. The van der Waals surface area contributed by atoms with Crippen LogP contribution in [0.1, 0.15) is 26.3 Å². The fourth-order valence-corrected chi connectivity index (χ4v) is 1.01. The molecule has 0 bridgehead atoms. The Morgan fingerprint density at radius 3 is 2.73 bits per heavy atom. The topological polar surface area (TPSA) is 26.3 Å². The Kier molecular flexibility index (Phi) is 3.67. The molecule has 0 amide bonds. The lowest BCUT2D eigenvalue weighted by molar-refractivity contribution is -0.148. The van der Waals surface area contributed by atoms with Crippen molar-refractivity contribution in [2.45, 2.75) is 26.4 Å². The van der Waals surface area contributed by atoms with Crippen molar-refractivity contribution in [3.63, 3.8) is 0 Å². The standard InChI is InChI=1S/C13H15O2/c1-13(2,3)15-12(14)10-9-11-7-5-4-6-8-11/h4-5,7-10H,1-3H3/b10-9+. The Hall–Kier alpha value is -1.57.